The second kappa shape index (κ2) is 7.68. The molecule has 28 heavy (non-hydrogen) atoms. The summed E-state index contributed by atoms with van der Waals surface area (Å²) in [5.74, 6) is -0.0547. The van der Waals surface area contributed by atoms with Crippen molar-refractivity contribution in [2.45, 2.75) is 33.4 Å². The fourth-order valence-electron chi connectivity index (χ4n) is 4.02. The smallest absolute Gasteiger partial charge is 0.408 e. The van der Waals surface area contributed by atoms with Gasteiger partial charge in [0.05, 0.1) is 12.2 Å². The highest BCUT2D eigenvalue weighted by Gasteiger charge is 2.27. The lowest BCUT2D eigenvalue weighted by Crippen LogP contribution is -2.39. The number of nitrogens with zero attached hydrogens (tertiary/aromatic N) is 2. The monoisotopic (exact) mass is 442 g/mol. The first-order chi connectivity index (χ1) is 13.4. The molecular weight excluding hydrogens is 420 g/mol. The Bertz CT molecular complexity index is 1090. The fraction of sp³-hybridized carbons (Fsp3) is 0.364. The number of Topliss-reactive ketones (excluding diaryl/α,β-unsaturated/α-hetero) is 1. The first-order valence-electron chi connectivity index (χ1n) is 9.55. The summed E-state index contributed by atoms with van der Waals surface area (Å²) in [4.78, 5) is 27.4. The van der Waals surface area contributed by atoms with Gasteiger partial charge in [0.25, 0.3) is 0 Å². The molecule has 1 saturated heterocycles. The van der Waals surface area contributed by atoms with E-state index in [1.807, 2.05) is 44.2 Å². The number of carbonyl (C=O) groups excluding carboxylic acids is 1. The molecule has 0 N–H and O–H groups in total. The molecular formula is C22H23BrN2O3. The lowest BCUT2D eigenvalue weighted by atomic mass is 9.87. The Morgan fingerprint density at radius 2 is 1.89 bits per heavy atom. The minimum atomic E-state index is -0.346. The summed E-state index contributed by atoms with van der Waals surface area (Å²) >= 11 is 3.40. The van der Waals surface area contributed by atoms with Crippen LogP contribution in [0.3, 0.4) is 0 Å². The topological polar surface area (TPSA) is 55.5 Å². The summed E-state index contributed by atoms with van der Waals surface area (Å²) in [6.45, 7) is 6.11. The van der Waals surface area contributed by atoms with E-state index in [1.54, 1.807) is 4.57 Å². The standard InChI is InChI=1S/C22H23BrN2O3/c1-14-3-5-18(15(2)11-14)21(26)16-7-9-24(10-8-16)13-25-19-6-4-17(23)12-20(19)28-22(25)27/h3-6,11-12,16H,7-10,13H2,1-2H3. The molecule has 1 aromatic heterocycles. The normalized spacial score (nSPS) is 16.0. The lowest BCUT2D eigenvalue weighted by Gasteiger charge is -2.31. The largest absolute Gasteiger partial charge is 0.421 e. The van der Waals surface area contributed by atoms with Crippen LogP contribution < -0.4 is 5.76 Å². The van der Waals surface area contributed by atoms with Crippen LogP contribution in [0.2, 0.25) is 0 Å². The zero-order chi connectivity index (χ0) is 19.8. The number of rotatable bonds is 4. The third-order valence-corrected chi connectivity index (χ3v) is 6.07. The van der Waals surface area contributed by atoms with Crippen molar-refractivity contribution < 1.29 is 9.21 Å². The van der Waals surface area contributed by atoms with Crippen LogP contribution in [-0.4, -0.2) is 28.3 Å². The molecule has 1 aliphatic heterocycles. The Morgan fingerprint density at radius 3 is 2.61 bits per heavy atom. The van der Waals surface area contributed by atoms with Crippen molar-refractivity contribution in [1.29, 1.82) is 0 Å². The van der Waals surface area contributed by atoms with Crippen molar-refractivity contribution in [2.75, 3.05) is 13.1 Å². The van der Waals surface area contributed by atoms with Crippen LogP contribution in [0.4, 0.5) is 0 Å². The van der Waals surface area contributed by atoms with Crippen LogP contribution in [0.1, 0.15) is 34.3 Å². The van der Waals surface area contributed by atoms with Crippen LogP contribution in [0.5, 0.6) is 0 Å². The molecule has 0 spiro atoms. The SMILES string of the molecule is Cc1ccc(C(=O)C2CCN(Cn3c(=O)oc4cc(Br)ccc43)CC2)c(C)c1. The van der Waals surface area contributed by atoms with Gasteiger partial charge in [-0.2, -0.15) is 0 Å². The Hall–Kier alpha value is -2.18. The molecule has 0 saturated carbocycles. The van der Waals surface area contributed by atoms with Gasteiger partial charge in [0.1, 0.15) is 0 Å². The average Bonchev–Trinajstić information content (AvgIpc) is 2.96. The number of fused-ring (bicyclic) bond motifs is 1. The van der Waals surface area contributed by atoms with E-state index in [2.05, 4.69) is 26.9 Å². The number of benzene rings is 2. The molecule has 2 heterocycles. The predicted molar refractivity (Wildman–Crippen MR) is 113 cm³/mol. The van der Waals surface area contributed by atoms with Crippen molar-refractivity contribution in [1.82, 2.24) is 9.47 Å². The maximum absolute atomic E-state index is 12.9. The van der Waals surface area contributed by atoms with E-state index in [9.17, 15) is 9.59 Å². The van der Waals surface area contributed by atoms with Gasteiger partial charge >= 0.3 is 5.76 Å². The van der Waals surface area contributed by atoms with E-state index in [0.717, 1.165) is 47.0 Å². The van der Waals surface area contributed by atoms with Crippen molar-refractivity contribution in [2.24, 2.45) is 5.92 Å². The molecule has 0 unspecified atom stereocenters. The van der Waals surface area contributed by atoms with Crippen LogP contribution in [0, 0.1) is 19.8 Å². The highest BCUT2D eigenvalue weighted by atomic mass is 79.9. The third-order valence-electron chi connectivity index (χ3n) is 5.58. The highest BCUT2D eigenvalue weighted by molar-refractivity contribution is 9.10. The molecule has 0 amide bonds. The molecule has 2 aromatic carbocycles. The van der Waals surface area contributed by atoms with Gasteiger partial charge in [0.15, 0.2) is 11.4 Å². The second-order valence-electron chi connectivity index (χ2n) is 7.62. The summed E-state index contributed by atoms with van der Waals surface area (Å²) in [5, 5.41) is 0. The predicted octanol–water partition coefficient (Wildman–Crippen LogP) is 4.53. The van der Waals surface area contributed by atoms with E-state index in [1.165, 1.54) is 5.56 Å². The van der Waals surface area contributed by atoms with Gasteiger partial charge in [0, 0.05) is 29.0 Å². The second-order valence-corrected chi connectivity index (χ2v) is 8.54. The maximum Gasteiger partial charge on any atom is 0.421 e. The molecule has 6 heteroatoms. The molecule has 5 nitrogen and oxygen atoms in total. The van der Waals surface area contributed by atoms with Crippen LogP contribution in [0.25, 0.3) is 11.1 Å². The molecule has 0 aliphatic carbocycles. The molecule has 1 fully saturated rings. The van der Waals surface area contributed by atoms with E-state index in [-0.39, 0.29) is 17.5 Å². The maximum atomic E-state index is 12.9. The van der Waals surface area contributed by atoms with E-state index in [4.69, 9.17) is 4.42 Å². The highest BCUT2D eigenvalue weighted by Crippen LogP contribution is 2.25. The average molecular weight is 443 g/mol. The Balaban J connectivity index is 1.44. The first kappa shape index (κ1) is 19.2. The van der Waals surface area contributed by atoms with E-state index in [0.29, 0.717) is 12.3 Å². The van der Waals surface area contributed by atoms with Gasteiger partial charge in [-0.3, -0.25) is 14.3 Å². The van der Waals surface area contributed by atoms with E-state index < -0.39 is 0 Å². The van der Waals surface area contributed by atoms with E-state index >= 15 is 0 Å². The number of carbonyl (C=O) groups is 1. The molecule has 146 valence electrons. The first-order valence-corrected chi connectivity index (χ1v) is 10.3. The Morgan fingerprint density at radius 1 is 1.14 bits per heavy atom. The van der Waals surface area contributed by atoms with Gasteiger partial charge in [-0.1, -0.05) is 39.7 Å². The fourth-order valence-corrected chi connectivity index (χ4v) is 4.36. The number of hydrogen-bond acceptors (Lipinski definition) is 4. The van der Waals surface area contributed by atoms with Crippen molar-refractivity contribution >= 4 is 32.8 Å². The summed E-state index contributed by atoms with van der Waals surface area (Å²) < 4.78 is 7.90. The third kappa shape index (κ3) is 3.71. The summed E-state index contributed by atoms with van der Waals surface area (Å²) in [5.41, 5.74) is 4.44. The van der Waals surface area contributed by atoms with Crippen molar-refractivity contribution in [3.05, 3.63) is 68.1 Å². The zero-order valence-electron chi connectivity index (χ0n) is 16.1. The molecule has 3 aromatic rings. The number of halogens is 1. The molecule has 4 rings (SSSR count). The number of hydrogen-bond donors (Lipinski definition) is 0. The Labute approximate surface area is 172 Å². The minimum Gasteiger partial charge on any atom is -0.408 e. The number of likely N-dealkylation sites (tertiary alicyclic amines) is 1. The lowest BCUT2D eigenvalue weighted by molar-refractivity contribution is 0.0808. The number of piperidine rings is 1. The summed E-state index contributed by atoms with van der Waals surface area (Å²) in [6.07, 6.45) is 1.62. The molecule has 1 aliphatic rings. The summed E-state index contributed by atoms with van der Waals surface area (Å²) in [7, 11) is 0. The zero-order valence-corrected chi connectivity index (χ0v) is 17.7. The van der Waals surface area contributed by atoms with Gasteiger partial charge < -0.3 is 4.42 Å². The molecule has 0 radical (unpaired) electrons. The van der Waals surface area contributed by atoms with Gasteiger partial charge in [-0.15, -0.1) is 0 Å². The quantitative estimate of drug-likeness (QED) is 0.557. The number of oxazole rings is 1. The number of ketones is 1. The molecule has 0 bridgehead atoms. The molecule has 0 atom stereocenters. The minimum absolute atomic E-state index is 0.0476. The Kier molecular flexibility index (Phi) is 5.25. The van der Waals surface area contributed by atoms with Crippen LogP contribution in [0.15, 0.2) is 50.1 Å². The van der Waals surface area contributed by atoms with Gasteiger partial charge in [0.2, 0.25) is 0 Å². The van der Waals surface area contributed by atoms with Gasteiger partial charge in [-0.05, 0) is 50.5 Å². The van der Waals surface area contributed by atoms with Gasteiger partial charge in [-0.25, -0.2) is 4.79 Å². The van der Waals surface area contributed by atoms with Crippen LogP contribution >= 0.6 is 15.9 Å². The van der Waals surface area contributed by atoms with Crippen LogP contribution in [-0.2, 0) is 6.67 Å². The number of aromatic nitrogens is 1. The summed E-state index contributed by atoms with van der Waals surface area (Å²) in [6, 6.07) is 11.6. The van der Waals surface area contributed by atoms with Crippen molar-refractivity contribution in [3.63, 3.8) is 0 Å². The van der Waals surface area contributed by atoms with Crippen molar-refractivity contribution in [3.8, 4) is 0 Å². The number of aryl methyl sites for hydroxylation is 2.